The largest absolute Gasteiger partial charge is 0.469 e. The van der Waals surface area contributed by atoms with E-state index in [4.69, 9.17) is 23.2 Å². The van der Waals surface area contributed by atoms with Crippen molar-refractivity contribution in [3.05, 3.63) is 33.8 Å². The maximum absolute atomic E-state index is 11.0. The van der Waals surface area contributed by atoms with Crippen LogP contribution in [-0.2, 0) is 16.1 Å². The minimum atomic E-state index is -0.169. The summed E-state index contributed by atoms with van der Waals surface area (Å²) in [6.07, 6.45) is 1.23. The van der Waals surface area contributed by atoms with E-state index in [9.17, 15) is 4.79 Å². The van der Waals surface area contributed by atoms with Crippen molar-refractivity contribution in [3.63, 3.8) is 0 Å². The van der Waals surface area contributed by atoms with Gasteiger partial charge < -0.3 is 9.64 Å². The molecule has 5 heteroatoms. The summed E-state index contributed by atoms with van der Waals surface area (Å²) in [7, 11) is 3.40. The van der Waals surface area contributed by atoms with Gasteiger partial charge in [-0.15, -0.1) is 0 Å². The van der Waals surface area contributed by atoms with E-state index < -0.39 is 0 Å². The van der Waals surface area contributed by atoms with Gasteiger partial charge in [0.2, 0.25) is 0 Å². The highest BCUT2D eigenvalue weighted by atomic mass is 35.5. The van der Waals surface area contributed by atoms with Crippen molar-refractivity contribution < 1.29 is 9.53 Å². The Labute approximate surface area is 118 Å². The van der Waals surface area contributed by atoms with Crippen molar-refractivity contribution in [2.24, 2.45) is 0 Å². The number of carbonyl (C=O) groups excluding carboxylic acids is 1. The number of rotatable bonds is 6. The van der Waals surface area contributed by atoms with Crippen molar-refractivity contribution in [2.45, 2.75) is 19.4 Å². The number of halogens is 2. The van der Waals surface area contributed by atoms with Crippen LogP contribution in [-0.4, -0.2) is 31.6 Å². The monoisotopic (exact) mass is 289 g/mol. The Bertz CT molecular complexity index is 410. The van der Waals surface area contributed by atoms with Crippen LogP contribution >= 0.6 is 23.2 Å². The number of nitrogens with zero attached hydrogens (tertiary/aromatic N) is 1. The van der Waals surface area contributed by atoms with Crippen molar-refractivity contribution in [2.75, 3.05) is 20.7 Å². The number of hydrogen-bond donors (Lipinski definition) is 0. The van der Waals surface area contributed by atoms with Crippen molar-refractivity contribution in [1.82, 2.24) is 4.90 Å². The molecule has 0 bridgehead atoms. The Kier molecular flexibility index (Phi) is 6.47. The average molecular weight is 290 g/mol. The highest BCUT2D eigenvalue weighted by molar-refractivity contribution is 6.42. The van der Waals surface area contributed by atoms with Gasteiger partial charge in [-0.2, -0.15) is 0 Å². The van der Waals surface area contributed by atoms with Crippen LogP contribution in [0.4, 0.5) is 0 Å². The third kappa shape index (κ3) is 5.25. The van der Waals surface area contributed by atoms with Crippen LogP contribution in [0.15, 0.2) is 18.2 Å². The molecule has 0 saturated carbocycles. The maximum atomic E-state index is 11.0. The molecule has 0 saturated heterocycles. The van der Waals surface area contributed by atoms with E-state index in [2.05, 4.69) is 9.64 Å². The first-order valence-electron chi connectivity index (χ1n) is 5.72. The second kappa shape index (κ2) is 7.62. The molecule has 0 spiro atoms. The van der Waals surface area contributed by atoms with Gasteiger partial charge in [-0.3, -0.25) is 4.79 Å². The molecule has 1 rings (SSSR count). The quantitative estimate of drug-likeness (QED) is 0.752. The molecule has 1 aromatic rings. The van der Waals surface area contributed by atoms with Gasteiger partial charge in [0, 0.05) is 13.0 Å². The number of carbonyl (C=O) groups is 1. The van der Waals surface area contributed by atoms with Crippen LogP contribution < -0.4 is 0 Å². The van der Waals surface area contributed by atoms with Crippen LogP contribution in [0.2, 0.25) is 10.0 Å². The number of hydrogen-bond acceptors (Lipinski definition) is 3. The fraction of sp³-hybridized carbons (Fsp3) is 0.462. The molecule has 0 amide bonds. The molecule has 3 nitrogen and oxygen atoms in total. The fourth-order valence-corrected chi connectivity index (χ4v) is 1.94. The molecule has 100 valence electrons. The van der Waals surface area contributed by atoms with Gasteiger partial charge in [-0.1, -0.05) is 29.3 Å². The van der Waals surface area contributed by atoms with Gasteiger partial charge in [-0.25, -0.2) is 0 Å². The number of benzene rings is 1. The maximum Gasteiger partial charge on any atom is 0.305 e. The summed E-state index contributed by atoms with van der Waals surface area (Å²) in [6.45, 7) is 1.60. The van der Waals surface area contributed by atoms with E-state index in [1.165, 1.54) is 7.11 Å². The number of esters is 1. The first-order chi connectivity index (χ1) is 8.52. The predicted molar refractivity (Wildman–Crippen MR) is 74.0 cm³/mol. The Hall–Kier alpha value is -0.770. The van der Waals surface area contributed by atoms with Gasteiger partial charge in [0.05, 0.1) is 17.2 Å². The second-order valence-electron chi connectivity index (χ2n) is 4.17. The molecule has 0 N–H and O–H groups in total. The van der Waals surface area contributed by atoms with Crippen molar-refractivity contribution in [1.29, 1.82) is 0 Å². The zero-order valence-corrected chi connectivity index (χ0v) is 12.1. The second-order valence-corrected chi connectivity index (χ2v) is 4.98. The van der Waals surface area contributed by atoms with Gasteiger partial charge in [0.25, 0.3) is 0 Å². The summed E-state index contributed by atoms with van der Waals surface area (Å²) in [5.41, 5.74) is 1.10. The van der Waals surface area contributed by atoms with Gasteiger partial charge in [0.1, 0.15) is 0 Å². The number of ether oxygens (including phenoxy) is 1. The average Bonchev–Trinajstić information content (AvgIpc) is 2.33. The Balaban J connectivity index is 2.37. The summed E-state index contributed by atoms with van der Waals surface area (Å²) >= 11 is 11.8. The molecule has 0 aliphatic carbocycles. The van der Waals surface area contributed by atoms with E-state index in [1.54, 1.807) is 6.07 Å². The zero-order valence-electron chi connectivity index (χ0n) is 10.6. The van der Waals surface area contributed by atoms with Gasteiger partial charge in [-0.05, 0) is 37.7 Å². The summed E-state index contributed by atoms with van der Waals surface area (Å²) < 4.78 is 4.59. The van der Waals surface area contributed by atoms with E-state index in [1.807, 2.05) is 19.2 Å². The smallest absolute Gasteiger partial charge is 0.305 e. The predicted octanol–water partition coefficient (Wildman–Crippen LogP) is 3.38. The molecule has 0 aromatic heterocycles. The van der Waals surface area contributed by atoms with Crippen LogP contribution in [0, 0.1) is 0 Å². The lowest BCUT2D eigenvalue weighted by atomic mass is 10.2. The normalized spacial score (nSPS) is 10.7. The molecule has 0 heterocycles. The molecular weight excluding hydrogens is 273 g/mol. The van der Waals surface area contributed by atoms with Crippen LogP contribution in [0.5, 0.6) is 0 Å². The summed E-state index contributed by atoms with van der Waals surface area (Å²) in [5.74, 6) is -0.169. The molecule has 0 atom stereocenters. The molecular formula is C13H17Cl2NO2. The SMILES string of the molecule is COC(=O)CCCN(C)Cc1ccc(Cl)c(Cl)c1. The number of methoxy groups -OCH3 is 1. The third-order valence-corrected chi connectivity index (χ3v) is 3.32. The highest BCUT2D eigenvalue weighted by Crippen LogP contribution is 2.23. The first-order valence-corrected chi connectivity index (χ1v) is 6.48. The van der Waals surface area contributed by atoms with Gasteiger partial charge >= 0.3 is 5.97 Å². The first kappa shape index (κ1) is 15.3. The molecule has 0 unspecified atom stereocenters. The van der Waals surface area contributed by atoms with E-state index >= 15 is 0 Å². The lowest BCUT2D eigenvalue weighted by Crippen LogP contribution is -2.20. The van der Waals surface area contributed by atoms with Crippen molar-refractivity contribution >= 4 is 29.2 Å². The Morgan fingerprint density at radius 3 is 2.67 bits per heavy atom. The molecule has 1 aromatic carbocycles. The summed E-state index contributed by atoms with van der Waals surface area (Å²) in [4.78, 5) is 13.1. The third-order valence-electron chi connectivity index (χ3n) is 2.58. The molecule has 0 aliphatic rings. The Morgan fingerprint density at radius 1 is 1.33 bits per heavy atom. The minimum absolute atomic E-state index is 0.169. The van der Waals surface area contributed by atoms with E-state index in [-0.39, 0.29) is 5.97 Å². The standard InChI is InChI=1S/C13H17Cl2NO2/c1-16(7-3-4-13(17)18-2)9-10-5-6-11(14)12(15)8-10/h5-6,8H,3-4,7,9H2,1-2H3. The summed E-state index contributed by atoms with van der Waals surface area (Å²) in [5, 5.41) is 1.13. The zero-order chi connectivity index (χ0) is 13.5. The van der Waals surface area contributed by atoms with Crippen LogP contribution in [0.1, 0.15) is 18.4 Å². The van der Waals surface area contributed by atoms with Crippen molar-refractivity contribution in [3.8, 4) is 0 Å². The Morgan fingerprint density at radius 2 is 2.06 bits per heavy atom. The summed E-state index contributed by atoms with van der Waals surface area (Å²) in [6, 6.07) is 5.60. The van der Waals surface area contributed by atoms with Crippen LogP contribution in [0.3, 0.4) is 0 Å². The topological polar surface area (TPSA) is 29.5 Å². The fourth-order valence-electron chi connectivity index (χ4n) is 1.62. The lowest BCUT2D eigenvalue weighted by molar-refractivity contribution is -0.140. The molecule has 0 aliphatic heterocycles. The van der Waals surface area contributed by atoms with Gasteiger partial charge in [0.15, 0.2) is 0 Å². The molecule has 0 radical (unpaired) electrons. The van der Waals surface area contributed by atoms with E-state index in [0.717, 1.165) is 25.1 Å². The minimum Gasteiger partial charge on any atom is -0.469 e. The molecule has 18 heavy (non-hydrogen) atoms. The van der Waals surface area contributed by atoms with Crippen LogP contribution in [0.25, 0.3) is 0 Å². The molecule has 0 fully saturated rings. The lowest BCUT2D eigenvalue weighted by Gasteiger charge is -2.16. The highest BCUT2D eigenvalue weighted by Gasteiger charge is 2.05. The van der Waals surface area contributed by atoms with E-state index in [0.29, 0.717) is 16.5 Å².